The molecule has 7 aromatic rings. The second kappa shape index (κ2) is 32.8. The van der Waals surface area contributed by atoms with E-state index in [1.165, 1.54) is 28.4 Å². The van der Waals surface area contributed by atoms with Gasteiger partial charge in [-0.3, -0.25) is 38.4 Å². The number of carbonyl (C=O) groups excluding carboxylic acids is 8. The Labute approximate surface area is 639 Å². The minimum absolute atomic E-state index is 0. The van der Waals surface area contributed by atoms with Gasteiger partial charge < -0.3 is 69.1 Å². The topological polar surface area (TPSA) is 312 Å². The van der Waals surface area contributed by atoms with Gasteiger partial charge in [-0.1, -0.05) is 99.9 Å². The third kappa shape index (κ3) is 15.8. The number of anilines is 4. The average Bonchev–Trinajstić information content (AvgIpc) is 1.63. The van der Waals surface area contributed by atoms with Gasteiger partial charge in [0.1, 0.15) is 23.0 Å². The van der Waals surface area contributed by atoms with E-state index in [2.05, 4.69) is 21.3 Å². The molecule has 1 radical (unpaired) electrons. The van der Waals surface area contributed by atoms with Crippen LogP contribution in [0.1, 0.15) is 126 Å². The first-order valence-corrected chi connectivity index (χ1v) is 37.4. The van der Waals surface area contributed by atoms with Crippen LogP contribution in [-0.4, -0.2) is 112 Å². The number of rotatable bonds is 6. The summed E-state index contributed by atoms with van der Waals surface area (Å²) in [6.07, 6.45) is 17.1. The van der Waals surface area contributed by atoms with Gasteiger partial charge in [0.25, 0.3) is 0 Å². The second-order valence-electron chi connectivity index (χ2n) is 28.6. The predicted octanol–water partition coefficient (Wildman–Crippen LogP) is 13.8. The smallest absolute Gasteiger partial charge is 0.657 e. The van der Waals surface area contributed by atoms with Gasteiger partial charge in [-0.25, -0.2) is 9.97 Å². The van der Waals surface area contributed by atoms with Crippen molar-refractivity contribution >= 4 is 117 Å². The molecule has 4 N–H and O–H groups in total. The summed E-state index contributed by atoms with van der Waals surface area (Å²) in [6, 6.07) is 28.1. The molecule has 4 aliphatic carbocycles. The van der Waals surface area contributed by atoms with Crippen molar-refractivity contribution in [1.29, 1.82) is 0 Å². The summed E-state index contributed by atoms with van der Waals surface area (Å²) in [7, 11) is 6.14. The van der Waals surface area contributed by atoms with Crippen LogP contribution < -0.4 is 50.2 Å². The molecule has 0 saturated heterocycles. The Balaban J connectivity index is 0.00000992. The molecule has 8 atom stereocenters. The maximum atomic E-state index is 15.0. The van der Waals surface area contributed by atoms with E-state index in [9.17, 15) is 38.4 Å². The molecule has 12 bridgehead atoms. The Hall–Kier alpha value is -11.1. The summed E-state index contributed by atoms with van der Waals surface area (Å²) in [5.74, 6) is -8.15. The molecule has 2 unspecified atom stereocenters. The van der Waals surface area contributed by atoms with Crippen molar-refractivity contribution in [3.8, 4) is 67.5 Å². The summed E-state index contributed by atoms with van der Waals surface area (Å²) < 4.78 is 47.9. The predicted molar refractivity (Wildman–Crippen MR) is 405 cm³/mol. The number of benzene rings is 4. The summed E-state index contributed by atoms with van der Waals surface area (Å²) >= 11 is 0. The van der Waals surface area contributed by atoms with Crippen molar-refractivity contribution in [3.05, 3.63) is 120 Å². The van der Waals surface area contributed by atoms with Crippen LogP contribution in [0.5, 0.6) is 23.0 Å². The van der Waals surface area contributed by atoms with Gasteiger partial charge >= 0.3 is 40.7 Å². The van der Waals surface area contributed by atoms with Gasteiger partial charge in [-0.2, -0.15) is 0 Å². The van der Waals surface area contributed by atoms with Crippen LogP contribution in [-0.2, 0) is 74.1 Å². The van der Waals surface area contributed by atoms with Crippen molar-refractivity contribution in [2.24, 2.45) is 47.3 Å². The normalized spacial score (nSPS) is 22.7. The zero-order chi connectivity index (χ0) is 74.7. The first-order chi connectivity index (χ1) is 52.7. The zero-order valence-electron chi connectivity index (χ0n) is 61.0. The van der Waals surface area contributed by atoms with Crippen LogP contribution in [0, 0.1) is 47.3 Å². The molecule has 4 saturated carbocycles. The number of nitrogens with zero attached hydrogens (tertiary/aromatic N) is 4. The zero-order valence-corrected chi connectivity index (χ0v) is 62.0. The average molecular weight is 1520 g/mol. The molecular weight excluding hydrogens is 1440 g/mol. The van der Waals surface area contributed by atoms with Crippen molar-refractivity contribution in [3.63, 3.8) is 0 Å². The van der Waals surface area contributed by atoms with Gasteiger partial charge in [-0.15, -0.1) is 22.1 Å². The molecule has 24 nitrogen and oxygen atoms in total. The minimum atomic E-state index is -0.759. The van der Waals surface area contributed by atoms with Crippen molar-refractivity contribution in [2.45, 2.75) is 103 Å². The SMILES string of the molecule is COc1cccc(OC)c1-c1c2nc(c3c4ccc([n-]4)c(-c4c(OC)cccc4OC)c4nc(c(c5ccc1[n-]5)-c1c5cccc1NC(=O)[C@H]1C[C@H]1C(=O)OCCCCCCCCOC(=O)[C@H]1CC1C(=O)Nc1cccc(c1-3)NC(=O)[C@H]1C[C@H]1C(=O)OCCCCCCCCOC(=O)[C@H]1CC1C(=O)N5)C=C4)C=C2.[Co+2]. The molecular formula is C84H84CoN8O16. The van der Waals surface area contributed by atoms with E-state index in [0.717, 1.165) is 51.4 Å². The molecule has 10 aliphatic rings. The van der Waals surface area contributed by atoms with E-state index in [0.29, 0.717) is 127 Å². The number of carbonyl (C=O) groups is 8. The molecule has 4 fully saturated rings. The van der Waals surface area contributed by atoms with Crippen LogP contribution in [0.2, 0.25) is 0 Å². The summed E-state index contributed by atoms with van der Waals surface area (Å²) in [4.78, 5) is 137. The molecule has 109 heavy (non-hydrogen) atoms. The van der Waals surface area contributed by atoms with Crippen LogP contribution in [0.3, 0.4) is 0 Å². The standard InChI is InChI=1S/C84H86N8O16.Co/c1-101-65-25-19-26-66(102-2)75(65)73-61-33-29-57(85-61)71-59-31-35-63(87-59)74(76-67(103-3)27-20-28-68(76)104-4)64-36-32-60(88-64)72(58-30-34-62(73)86-58)70-54-22-18-24-56(70)92-80(96)48-44-52(48)84(100)108-40-16-12-8-7-11-15-39-107-83(99)51-43-47(51)79(95)91-55-23-17-21-53(69(55)71)89-77(93)45-41-49(45)81(97)105-37-13-9-5-6-10-14-38-106-82(98)50-42-46(50)78(94)90-54;/h17-36,45-52H,5-16,37-44H2,1-4H3,(H6,85,86,87,88,89,90,91,92,93,94,95,96);/q;+2/p-2/t45-,46?,47?,48-,49+,50-,51-,52+;/m0./s1. The van der Waals surface area contributed by atoms with E-state index in [4.69, 9.17) is 57.8 Å². The summed E-state index contributed by atoms with van der Waals surface area (Å²) in [6.45, 7) is 0.688. The number of methoxy groups -OCH3 is 4. The van der Waals surface area contributed by atoms with Crippen LogP contribution in [0.4, 0.5) is 22.7 Å². The Bertz CT molecular complexity index is 4530. The quantitative estimate of drug-likeness (QED) is 0.0888. The van der Waals surface area contributed by atoms with Crippen molar-refractivity contribution in [2.75, 3.05) is 76.1 Å². The molecule has 4 amide bonds. The van der Waals surface area contributed by atoms with E-state index >= 15 is 0 Å². The number of esters is 4. The van der Waals surface area contributed by atoms with Crippen LogP contribution in [0.25, 0.3) is 90.9 Å². The Morgan fingerprint density at radius 2 is 0.532 bits per heavy atom. The monoisotopic (exact) mass is 1520 g/mol. The Morgan fingerprint density at radius 3 is 0.780 bits per heavy atom. The number of amides is 4. The molecule has 17 rings (SSSR count). The minimum Gasteiger partial charge on any atom is -0.657 e. The number of aromatic nitrogens is 4. The van der Waals surface area contributed by atoms with Gasteiger partial charge in [0.2, 0.25) is 23.6 Å². The molecule has 0 spiro atoms. The largest absolute Gasteiger partial charge is 2.00 e. The van der Waals surface area contributed by atoms with Gasteiger partial charge in [0.15, 0.2) is 0 Å². The molecule has 9 heterocycles. The van der Waals surface area contributed by atoms with Crippen molar-refractivity contribution < 1.29 is 93.0 Å². The number of hydrogen-bond acceptors (Lipinski definition) is 18. The summed E-state index contributed by atoms with van der Waals surface area (Å²) in [5.41, 5.74) is 6.35. The number of ether oxygens (including phenoxy) is 8. The molecule has 6 aliphatic heterocycles. The number of fused-ring (bicyclic) bond motifs is 26. The Kier molecular flexibility index (Phi) is 22.5. The van der Waals surface area contributed by atoms with Gasteiger partial charge in [0.05, 0.1) is 159 Å². The van der Waals surface area contributed by atoms with E-state index in [-0.39, 0.29) is 103 Å². The van der Waals surface area contributed by atoms with E-state index in [1.54, 1.807) is 121 Å². The fourth-order valence-corrected chi connectivity index (χ4v) is 15.2. The maximum Gasteiger partial charge on any atom is 2.00 e. The number of nitrogens with one attached hydrogen (secondary N) is 4. The number of hydrogen-bond donors (Lipinski definition) is 4. The molecule has 3 aromatic heterocycles. The molecule has 4 aromatic carbocycles. The van der Waals surface area contributed by atoms with Gasteiger partial charge in [0, 0.05) is 22.3 Å². The van der Waals surface area contributed by atoms with Crippen molar-refractivity contribution in [1.82, 2.24) is 19.9 Å². The fraction of sp³-hybridized carbons (Fsp3) is 0.381. The maximum absolute atomic E-state index is 15.0. The van der Waals surface area contributed by atoms with E-state index < -0.39 is 94.8 Å². The second-order valence-corrected chi connectivity index (χ2v) is 28.6. The fourth-order valence-electron chi connectivity index (χ4n) is 15.2. The third-order valence-corrected chi connectivity index (χ3v) is 21.4. The van der Waals surface area contributed by atoms with Gasteiger partial charge in [-0.05, 0) is 135 Å². The third-order valence-electron chi connectivity index (χ3n) is 21.4. The first-order valence-electron chi connectivity index (χ1n) is 37.4. The summed E-state index contributed by atoms with van der Waals surface area (Å²) in [5, 5.41) is 12.7. The van der Waals surface area contributed by atoms with Crippen LogP contribution in [0.15, 0.2) is 97.1 Å². The van der Waals surface area contributed by atoms with E-state index in [1.807, 2.05) is 0 Å². The molecule has 565 valence electrons. The molecule has 25 heteroatoms. The Morgan fingerprint density at radius 1 is 0.303 bits per heavy atom. The van der Waals surface area contributed by atoms with Crippen LogP contribution >= 0.6 is 0 Å². The first kappa shape index (κ1) is 74.8.